The zero-order valence-corrected chi connectivity index (χ0v) is 15.8. The van der Waals surface area contributed by atoms with Crippen LogP contribution in [0, 0.1) is 5.92 Å². The van der Waals surface area contributed by atoms with Gasteiger partial charge in [-0.2, -0.15) is 0 Å². The first-order valence-electron chi connectivity index (χ1n) is 8.72. The SMILES string of the molecule is CCS(=O)(=O)NC1CCC(F)(F)CC1COc1ccc(C(C)C)cc1. The third-order valence-electron chi connectivity index (χ3n) is 4.67. The van der Waals surface area contributed by atoms with E-state index < -0.39 is 27.9 Å². The van der Waals surface area contributed by atoms with Crippen molar-refractivity contribution in [1.82, 2.24) is 4.72 Å². The maximum absolute atomic E-state index is 13.8. The predicted molar refractivity (Wildman–Crippen MR) is 94.7 cm³/mol. The van der Waals surface area contributed by atoms with Gasteiger partial charge in [0.2, 0.25) is 15.9 Å². The van der Waals surface area contributed by atoms with E-state index in [1.165, 1.54) is 12.5 Å². The molecule has 0 bridgehead atoms. The summed E-state index contributed by atoms with van der Waals surface area (Å²) in [7, 11) is -3.44. The molecule has 4 nitrogen and oxygen atoms in total. The van der Waals surface area contributed by atoms with Crippen LogP contribution in [0.1, 0.15) is 51.5 Å². The van der Waals surface area contributed by atoms with Crippen molar-refractivity contribution in [2.75, 3.05) is 12.4 Å². The van der Waals surface area contributed by atoms with Gasteiger partial charge in [-0.1, -0.05) is 26.0 Å². The first-order chi connectivity index (χ1) is 11.6. The van der Waals surface area contributed by atoms with Crippen LogP contribution in [0.15, 0.2) is 24.3 Å². The monoisotopic (exact) mass is 375 g/mol. The lowest BCUT2D eigenvalue weighted by Crippen LogP contribution is -2.48. The van der Waals surface area contributed by atoms with E-state index in [0.29, 0.717) is 11.7 Å². The van der Waals surface area contributed by atoms with E-state index in [0.717, 1.165) is 0 Å². The van der Waals surface area contributed by atoms with E-state index in [2.05, 4.69) is 18.6 Å². The highest BCUT2D eigenvalue weighted by molar-refractivity contribution is 7.89. The fourth-order valence-corrected chi connectivity index (χ4v) is 3.96. The molecular weight excluding hydrogens is 348 g/mol. The lowest BCUT2D eigenvalue weighted by molar-refractivity contribution is -0.0660. The Balaban J connectivity index is 2.03. The standard InChI is InChI=1S/C18H27F2NO3S/c1-4-25(22,23)21-17-9-10-18(19,20)11-15(17)12-24-16-7-5-14(6-8-16)13(2)3/h5-8,13,15,17,21H,4,9-12H2,1-3H3. The minimum absolute atomic E-state index is 0.0630. The summed E-state index contributed by atoms with van der Waals surface area (Å²) >= 11 is 0. The summed E-state index contributed by atoms with van der Waals surface area (Å²) in [5.74, 6) is -2.39. The Kier molecular flexibility index (Phi) is 6.43. The van der Waals surface area contributed by atoms with Crippen LogP contribution in [0.2, 0.25) is 0 Å². The summed E-state index contributed by atoms with van der Waals surface area (Å²) in [6.45, 7) is 5.77. The molecule has 0 heterocycles. The summed E-state index contributed by atoms with van der Waals surface area (Å²) in [6.07, 6.45) is -0.552. The minimum Gasteiger partial charge on any atom is -0.493 e. The molecule has 1 aromatic carbocycles. The minimum atomic E-state index is -3.44. The number of benzene rings is 1. The van der Waals surface area contributed by atoms with Gasteiger partial charge < -0.3 is 4.74 Å². The van der Waals surface area contributed by atoms with Crippen LogP contribution in [-0.2, 0) is 10.0 Å². The molecule has 2 unspecified atom stereocenters. The molecule has 1 saturated carbocycles. The molecule has 1 N–H and O–H groups in total. The van der Waals surface area contributed by atoms with Gasteiger partial charge in [-0.05, 0) is 37.0 Å². The van der Waals surface area contributed by atoms with Crippen LogP contribution in [0.5, 0.6) is 5.75 Å². The van der Waals surface area contributed by atoms with E-state index in [1.807, 2.05) is 24.3 Å². The van der Waals surface area contributed by atoms with Crippen molar-refractivity contribution in [3.63, 3.8) is 0 Å². The van der Waals surface area contributed by atoms with Gasteiger partial charge in [0.05, 0.1) is 12.4 Å². The molecule has 25 heavy (non-hydrogen) atoms. The van der Waals surface area contributed by atoms with Crippen LogP contribution < -0.4 is 9.46 Å². The fraction of sp³-hybridized carbons (Fsp3) is 0.667. The third kappa shape index (κ3) is 5.92. The molecule has 0 radical (unpaired) electrons. The lowest BCUT2D eigenvalue weighted by Gasteiger charge is -2.36. The predicted octanol–water partition coefficient (Wildman–Crippen LogP) is 3.93. The van der Waals surface area contributed by atoms with E-state index in [9.17, 15) is 17.2 Å². The Morgan fingerprint density at radius 3 is 2.48 bits per heavy atom. The lowest BCUT2D eigenvalue weighted by atomic mass is 9.83. The molecule has 1 aliphatic carbocycles. The van der Waals surface area contributed by atoms with Crippen molar-refractivity contribution in [2.45, 2.75) is 57.9 Å². The number of hydrogen-bond acceptors (Lipinski definition) is 3. The van der Waals surface area contributed by atoms with E-state index in [4.69, 9.17) is 4.74 Å². The Morgan fingerprint density at radius 1 is 1.28 bits per heavy atom. The quantitative estimate of drug-likeness (QED) is 0.786. The highest BCUT2D eigenvalue weighted by Crippen LogP contribution is 2.37. The third-order valence-corrected chi connectivity index (χ3v) is 6.09. The molecule has 0 spiro atoms. The first kappa shape index (κ1) is 20.1. The average molecular weight is 375 g/mol. The number of alkyl halides is 2. The first-order valence-corrected chi connectivity index (χ1v) is 10.4. The molecule has 142 valence electrons. The molecule has 0 saturated heterocycles. The molecule has 0 aromatic heterocycles. The topological polar surface area (TPSA) is 55.4 Å². The maximum Gasteiger partial charge on any atom is 0.248 e. The van der Waals surface area contributed by atoms with Crippen LogP contribution >= 0.6 is 0 Å². The van der Waals surface area contributed by atoms with Crippen molar-refractivity contribution in [2.24, 2.45) is 5.92 Å². The van der Waals surface area contributed by atoms with Crippen LogP contribution in [0.4, 0.5) is 8.78 Å². The Morgan fingerprint density at radius 2 is 1.92 bits per heavy atom. The van der Waals surface area contributed by atoms with Gasteiger partial charge in [-0.15, -0.1) is 0 Å². The number of halogens is 2. The summed E-state index contributed by atoms with van der Waals surface area (Å²) in [5.41, 5.74) is 1.17. The molecule has 0 aliphatic heterocycles. The Labute approximate surface area is 149 Å². The van der Waals surface area contributed by atoms with Gasteiger partial charge in [0.25, 0.3) is 0 Å². The van der Waals surface area contributed by atoms with Gasteiger partial charge in [0, 0.05) is 24.8 Å². The summed E-state index contributed by atoms with van der Waals surface area (Å²) < 4.78 is 59.4. The maximum atomic E-state index is 13.8. The average Bonchev–Trinajstić information content (AvgIpc) is 2.55. The molecule has 1 fully saturated rings. The number of ether oxygens (including phenoxy) is 1. The van der Waals surface area contributed by atoms with E-state index >= 15 is 0 Å². The second-order valence-electron chi connectivity index (χ2n) is 7.02. The highest BCUT2D eigenvalue weighted by atomic mass is 32.2. The van der Waals surface area contributed by atoms with Gasteiger partial charge >= 0.3 is 0 Å². The van der Waals surface area contributed by atoms with Gasteiger partial charge in [0.15, 0.2) is 0 Å². The summed E-state index contributed by atoms with van der Waals surface area (Å²) in [5, 5.41) is 0. The van der Waals surface area contributed by atoms with Gasteiger partial charge in [-0.25, -0.2) is 21.9 Å². The van der Waals surface area contributed by atoms with Crippen LogP contribution in [0.25, 0.3) is 0 Å². The molecule has 2 rings (SSSR count). The Hall–Kier alpha value is -1.21. The second-order valence-corrected chi connectivity index (χ2v) is 9.06. The van der Waals surface area contributed by atoms with Crippen LogP contribution in [-0.4, -0.2) is 32.7 Å². The largest absolute Gasteiger partial charge is 0.493 e. The smallest absolute Gasteiger partial charge is 0.248 e. The molecule has 0 amide bonds. The molecule has 1 aliphatic rings. The number of nitrogens with one attached hydrogen (secondary N) is 1. The van der Waals surface area contributed by atoms with Crippen molar-refractivity contribution in [3.8, 4) is 5.75 Å². The Bertz CT molecular complexity index is 659. The van der Waals surface area contributed by atoms with Crippen molar-refractivity contribution in [3.05, 3.63) is 29.8 Å². The fourth-order valence-electron chi connectivity index (χ4n) is 3.03. The van der Waals surface area contributed by atoms with E-state index in [1.54, 1.807) is 0 Å². The van der Waals surface area contributed by atoms with Gasteiger partial charge in [-0.3, -0.25) is 0 Å². The summed E-state index contributed by atoms with van der Waals surface area (Å²) in [6, 6.07) is 7.03. The zero-order valence-electron chi connectivity index (χ0n) is 15.0. The van der Waals surface area contributed by atoms with Gasteiger partial charge in [0.1, 0.15) is 5.75 Å². The number of sulfonamides is 1. The summed E-state index contributed by atoms with van der Waals surface area (Å²) in [4.78, 5) is 0. The van der Waals surface area contributed by atoms with Crippen LogP contribution in [0.3, 0.4) is 0 Å². The van der Waals surface area contributed by atoms with E-state index in [-0.39, 0.29) is 31.6 Å². The zero-order chi connectivity index (χ0) is 18.7. The molecule has 2 atom stereocenters. The number of hydrogen-bond donors (Lipinski definition) is 1. The normalized spacial score (nSPS) is 23.6. The molecule has 7 heteroatoms. The van der Waals surface area contributed by atoms with Crippen molar-refractivity contribution < 1.29 is 21.9 Å². The highest BCUT2D eigenvalue weighted by Gasteiger charge is 2.42. The van der Waals surface area contributed by atoms with Crippen molar-refractivity contribution in [1.29, 1.82) is 0 Å². The molecule has 1 aromatic rings. The van der Waals surface area contributed by atoms with Crippen molar-refractivity contribution >= 4 is 10.0 Å². The second kappa shape index (κ2) is 7.99. The molecular formula is C18H27F2NO3S. The number of rotatable bonds is 7.